The second kappa shape index (κ2) is 4.89. The van der Waals surface area contributed by atoms with Gasteiger partial charge in [-0.05, 0) is 50.5 Å². The van der Waals surface area contributed by atoms with Crippen LogP contribution in [-0.2, 0) is 4.74 Å². The summed E-state index contributed by atoms with van der Waals surface area (Å²) >= 11 is 0. The van der Waals surface area contributed by atoms with Crippen molar-refractivity contribution in [1.82, 2.24) is 5.32 Å². The van der Waals surface area contributed by atoms with Crippen LogP contribution in [0.1, 0.15) is 38.5 Å². The molecule has 2 fully saturated rings. The monoisotopic (exact) mass is 221 g/mol. The highest BCUT2D eigenvalue weighted by molar-refractivity contribution is 5.05. The van der Waals surface area contributed by atoms with Gasteiger partial charge in [0.2, 0.25) is 0 Å². The van der Waals surface area contributed by atoms with E-state index in [0.29, 0.717) is 0 Å². The van der Waals surface area contributed by atoms with Crippen molar-refractivity contribution in [2.75, 3.05) is 19.8 Å². The predicted molar refractivity (Wildman–Crippen MR) is 65.4 cm³/mol. The van der Waals surface area contributed by atoms with Crippen LogP contribution in [0.15, 0.2) is 11.6 Å². The molecule has 0 saturated heterocycles. The minimum Gasteiger partial charge on any atom is -0.377 e. The molecule has 0 aromatic rings. The first-order valence-corrected chi connectivity index (χ1v) is 6.91. The van der Waals surface area contributed by atoms with Crippen molar-refractivity contribution in [2.24, 2.45) is 11.8 Å². The number of hydrogen-bond donors (Lipinski definition) is 1. The Morgan fingerprint density at radius 1 is 1.31 bits per heavy atom. The molecule has 2 aliphatic carbocycles. The molecule has 16 heavy (non-hydrogen) atoms. The maximum Gasteiger partial charge on any atom is 0.0650 e. The lowest BCUT2D eigenvalue weighted by molar-refractivity contribution is 0.153. The molecule has 0 aromatic carbocycles. The first kappa shape index (κ1) is 10.8. The average Bonchev–Trinajstić information content (AvgIpc) is 2.92. The largest absolute Gasteiger partial charge is 0.377 e. The van der Waals surface area contributed by atoms with Crippen LogP contribution in [0.2, 0.25) is 0 Å². The van der Waals surface area contributed by atoms with Gasteiger partial charge in [-0.15, -0.1) is 0 Å². The van der Waals surface area contributed by atoms with E-state index >= 15 is 0 Å². The first-order chi connectivity index (χ1) is 7.92. The fourth-order valence-electron chi connectivity index (χ4n) is 3.71. The lowest BCUT2D eigenvalue weighted by Crippen LogP contribution is -2.34. The van der Waals surface area contributed by atoms with Gasteiger partial charge in [0.15, 0.2) is 0 Å². The summed E-state index contributed by atoms with van der Waals surface area (Å²) < 4.78 is 5.32. The molecular weight excluding hydrogens is 198 g/mol. The Kier molecular flexibility index (Phi) is 3.30. The van der Waals surface area contributed by atoms with Crippen molar-refractivity contribution in [1.29, 1.82) is 0 Å². The van der Waals surface area contributed by atoms with Gasteiger partial charge >= 0.3 is 0 Å². The van der Waals surface area contributed by atoms with E-state index in [0.717, 1.165) is 37.5 Å². The first-order valence-electron chi connectivity index (χ1n) is 6.91. The molecule has 0 spiro atoms. The van der Waals surface area contributed by atoms with Crippen LogP contribution in [0.4, 0.5) is 0 Å². The highest BCUT2D eigenvalue weighted by Crippen LogP contribution is 2.44. The topological polar surface area (TPSA) is 21.3 Å². The van der Waals surface area contributed by atoms with Crippen LogP contribution in [0.3, 0.4) is 0 Å². The summed E-state index contributed by atoms with van der Waals surface area (Å²) in [6.07, 6.45) is 10.6. The second-order valence-corrected chi connectivity index (χ2v) is 5.67. The van der Waals surface area contributed by atoms with Gasteiger partial charge in [-0.1, -0.05) is 18.1 Å². The minimum absolute atomic E-state index is 0.837. The normalized spacial score (nSPS) is 37.8. The van der Waals surface area contributed by atoms with Crippen LogP contribution >= 0.6 is 0 Å². The average molecular weight is 221 g/mol. The van der Waals surface area contributed by atoms with E-state index in [1.54, 1.807) is 5.57 Å². The van der Waals surface area contributed by atoms with Crippen molar-refractivity contribution in [3.05, 3.63) is 11.6 Å². The van der Waals surface area contributed by atoms with Gasteiger partial charge in [0, 0.05) is 6.04 Å². The zero-order valence-corrected chi connectivity index (χ0v) is 10.1. The van der Waals surface area contributed by atoms with Gasteiger partial charge in [0.1, 0.15) is 0 Å². The third-order valence-corrected chi connectivity index (χ3v) is 4.65. The molecule has 3 aliphatic rings. The van der Waals surface area contributed by atoms with E-state index in [1.165, 1.54) is 38.6 Å². The Bertz CT molecular complexity index is 274. The number of hydrogen-bond acceptors (Lipinski definition) is 2. The molecule has 3 unspecified atom stereocenters. The standard InChI is InChI=1S/C14H23NO/c1-2-13-9-12(1)10-14(13)15-6-3-11-4-7-16-8-5-11/h4,12-15H,1-3,5-10H2. The lowest BCUT2D eigenvalue weighted by atomic mass is 9.95. The van der Waals surface area contributed by atoms with Gasteiger partial charge in [0.25, 0.3) is 0 Å². The quantitative estimate of drug-likeness (QED) is 0.736. The number of nitrogens with one attached hydrogen (secondary N) is 1. The van der Waals surface area contributed by atoms with E-state index in [9.17, 15) is 0 Å². The van der Waals surface area contributed by atoms with Gasteiger partial charge in [-0.3, -0.25) is 0 Å². The van der Waals surface area contributed by atoms with Crippen LogP contribution in [0, 0.1) is 11.8 Å². The molecule has 3 rings (SSSR count). The van der Waals surface area contributed by atoms with Crippen LogP contribution in [0.5, 0.6) is 0 Å². The summed E-state index contributed by atoms with van der Waals surface area (Å²) in [7, 11) is 0. The van der Waals surface area contributed by atoms with Crippen molar-refractivity contribution < 1.29 is 4.74 Å². The lowest BCUT2D eigenvalue weighted by Gasteiger charge is -2.23. The zero-order valence-electron chi connectivity index (χ0n) is 10.1. The maximum absolute atomic E-state index is 5.32. The molecule has 0 amide bonds. The number of rotatable bonds is 4. The summed E-state index contributed by atoms with van der Waals surface area (Å²) in [5, 5.41) is 3.78. The molecule has 1 heterocycles. The third-order valence-electron chi connectivity index (χ3n) is 4.65. The Morgan fingerprint density at radius 3 is 3.00 bits per heavy atom. The molecular formula is C14H23NO. The summed E-state index contributed by atoms with van der Waals surface area (Å²) in [4.78, 5) is 0. The zero-order chi connectivity index (χ0) is 10.8. The van der Waals surface area contributed by atoms with E-state index in [1.807, 2.05) is 0 Å². The molecule has 2 heteroatoms. The molecule has 90 valence electrons. The Labute approximate surface area is 98.4 Å². The predicted octanol–water partition coefficient (Wildman–Crippen LogP) is 2.50. The highest BCUT2D eigenvalue weighted by atomic mass is 16.5. The van der Waals surface area contributed by atoms with E-state index in [4.69, 9.17) is 4.74 Å². The van der Waals surface area contributed by atoms with Crippen LogP contribution < -0.4 is 5.32 Å². The maximum atomic E-state index is 5.32. The van der Waals surface area contributed by atoms with Crippen molar-refractivity contribution in [3.63, 3.8) is 0 Å². The van der Waals surface area contributed by atoms with E-state index < -0.39 is 0 Å². The smallest absolute Gasteiger partial charge is 0.0650 e. The SMILES string of the molecule is C1=C(CCNC2CC3CCC2C3)CCOC1. The third kappa shape index (κ3) is 2.33. The van der Waals surface area contributed by atoms with Crippen molar-refractivity contribution >= 4 is 0 Å². The minimum atomic E-state index is 0.837. The summed E-state index contributed by atoms with van der Waals surface area (Å²) in [6, 6.07) is 0.846. The molecule has 1 aliphatic heterocycles. The van der Waals surface area contributed by atoms with Gasteiger partial charge in [-0.25, -0.2) is 0 Å². The van der Waals surface area contributed by atoms with E-state index in [-0.39, 0.29) is 0 Å². The van der Waals surface area contributed by atoms with Gasteiger partial charge in [-0.2, -0.15) is 0 Å². The molecule has 1 N–H and O–H groups in total. The Hall–Kier alpha value is -0.340. The fraction of sp³-hybridized carbons (Fsp3) is 0.857. The second-order valence-electron chi connectivity index (χ2n) is 5.67. The number of fused-ring (bicyclic) bond motifs is 2. The molecule has 0 radical (unpaired) electrons. The fourth-order valence-corrected chi connectivity index (χ4v) is 3.71. The highest BCUT2D eigenvalue weighted by Gasteiger charge is 2.38. The van der Waals surface area contributed by atoms with E-state index in [2.05, 4.69) is 11.4 Å². The summed E-state index contributed by atoms with van der Waals surface area (Å²) in [5.41, 5.74) is 1.60. The molecule has 2 bridgehead atoms. The number of ether oxygens (including phenoxy) is 1. The molecule has 0 aromatic heterocycles. The molecule has 3 atom stereocenters. The van der Waals surface area contributed by atoms with Crippen molar-refractivity contribution in [3.8, 4) is 0 Å². The summed E-state index contributed by atoms with van der Waals surface area (Å²) in [5.74, 6) is 2.07. The Balaban J connectivity index is 1.39. The van der Waals surface area contributed by atoms with Crippen LogP contribution in [0.25, 0.3) is 0 Å². The molecule has 2 nitrogen and oxygen atoms in total. The summed E-state index contributed by atoms with van der Waals surface area (Å²) in [6.45, 7) is 2.95. The molecule has 2 saturated carbocycles. The van der Waals surface area contributed by atoms with Gasteiger partial charge < -0.3 is 10.1 Å². The van der Waals surface area contributed by atoms with Crippen molar-refractivity contribution in [2.45, 2.75) is 44.6 Å². The van der Waals surface area contributed by atoms with Gasteiger partial charge in [0.05, 0.1) is 13.2 Å². The Morgan fingerprint density at radius 2 is 2.31 bits per heavy atom. The van der Waals surface area contributed by atoms with Crippen LogP contribution in [-0.4, -0.2) is 25.8 Å².